The molecule has 0 saturated heterocycles. The van der Waals surface area contributed by atoms with Crippen molar-refractivity contribution in [1.29, 1.82) is 0 Å². The van der Waals surface area contributed by atoms with Gasteiger partial charge in [-0.1, -0.05) is 6.07 Å². The molecule has 1 fully saturated rings. The number of pyridine rings is 1. The van der Waals surface area contributed by atoms with Crippen molar-refractivity contribution in [3.05, 3.63) is 48.9 Å². The lowest BCUT2D eigenvalue weighted by atomic mass is 10.0. The molecule has 1 aliphatic heterocycles. The van der Waals surface area contributed by atoms with E-state index in [0.29, 0.717) is 12.6 Å². The summed E-state index contributed by atoms with van der Waals surface area (Å²) in [7, 11) is 1.94. The van der Waals surface area contributed by atoms with Gasteiger partial charge in [0.15, 0.2) is 5.82 Å². The molecule has 2 aliphatic rings. The Hall–Kier alpha value is -3.68. The smallest absolute Gasteiger partial charge is 0.224 e. The lowest BCUT2D eigenvalue weighted by molar-refractivity contribution is -0.117. The highest BCUT2D eigenvalue weighted by molar-refractivity contribution is 6.01. The van der Waals surface area contributed by atoms with Gasteiger partial charge >= 0.3 is 0 Å². The van der Waals surface area contributed by atoms with Crippen LogP contribution >= 0.6 is 0 Å². The highest BCUT2D eigenvalue weighted by atomic mass is 16.2. The van der Waals surface area contributed by atoms with E-state index in [9.17, 15) is 4.79 Å². The predicted octanol–water partition coefficient (Wildman–Crippen LogP) is 4.06. The normalized spacial score (nSPS) is 18.3. The Bertz CT molecular complexity index is 1350. The van der Waals surface area contributed by atoms with Crippen molar-refractivity contribution in [3.63, 3.8) is 0 Å². The Kier molecular flexibility index (Phi) is 4.11. The average Bonchev–Trinajstić information content (AvgIpc) is 3.42. The maximum atomic E-state index is 12.5. The second-order valence-electron chi connectivity index (χ2n) is 8.81. The van der Waals surface area contributed by atoms with Gasteiger partial charge in [0, 0.05) is 38.5 Å². The van der Waals surface area contributed by atoms with E-state index in [1.807, 2.05) is 41.0 Å². The van der Waals surface area contributed by atoms with E-state index in [1.165, 1.54) is 12.8 Å². The third-order valence-electron chi connectivity index (χ3n) is 6.46. The molecule has 0 radical (unpaired) electrons. The maximum absolute atomic E-state index is 12.5. The monoisotopic (exact) mass is 427 g/mol. The first-order valence-electron chi connectivity index (χ1n) is 11.0. The van der Waals surface area contributed by atoms with E-state index in [0.717, 1.165) is 39.4 Å². The molecule has 1 aliphatic carbocycles. The van der Waals surface area contributed by atoms with Crippen molar-refractivity contribution in [1.82, 2.24) is 24.5 Å². The van der Waals surface area contributed by atoms with Crippen molar-refractivity contribution in [3.8, 4) is 11.1 Å². The Morgan fingerprint density at radius 3 is 2.75 bits per heavy atom. The van der Waals surface area contributed by atoms with Crippen LogP contribution in [0.15, 0.2) is 48.9 Å². The topological polar surface area (TPSA) is 72.1 Å². The van der Waals surface area contributed by atoms with Gasteiger partial charge in [0.25, 0.3) is 0 Å². The molecule has 8 heteroatoms. The minimum absolute atomic E-state index is 0.00392. The summed E-state index contributed by atoms with van der Waals surface area (Å²) in [5, 5.41) is 9.37. The van der Waals surface area contributed by atoms with Crippen molar-refractivity contribution in [2.75, 3.05) is 16.3 Å². The van der Waals surface area contributed by atoms with Crippen LogP contribution in [0.5, 0.6) is 0 Å². The predicted molar refractivity (Wildman–Crippen MR) is 124 cm³/mol. The molecular weight excluding hydrogens is 402 g/mol. The summed E-state index contributed by atoms with van der Waals surface area (Å²) in [4.78, 5) is 21.2. The lowest BCUT2D eigenvalue weighted by Gasteiger charge is -2.41. The minimum atomic E-state index is 0.00392. The molecule has 1 atom stereocenters. The highest BCUT2D eigenvalue weighted by Crippen LogP contribution is 2.43. The standard InChI is InChI=1S/C24H25N7O/c1-15-13-29(24-23-21(28(3)27-24)5-4-10-25-23)22-11-17(6-9-20(22)31(15)16(2)32)18-12-26-30(14-18)19-7-8-19/h4-6,9-12,14-15,19H,7-8,13H2,1-3H3/t15-/m0/s1. The van der Waals surface area contributed by atoms with Gasteiger partial charge in [0.05, 0.1) is 35.2 Å². The van der Waals surface area contributed by atoms with E-state index in [-0.39, 0.29) is 11.9 Å². The summed E-state index contributed by atoms with van der Waals surface area (Å²) in [5.41, 5.74) is 5.84. The second kappa shape index (κ2) is 6.91. The Labute approximate surface area is 186 Å². The van der Waals surface area contributed by atoms with Crippen LogP contribution in [0, 0.1) is 0 Å². The van der Waals surface area contributed by atoms with Crippen LogP contribution in [-0.2, 0) is 11.8 Å². The fourth-order valence-corrected chi connectivity index (χ4v) is 4.77. The molecular formula is C24H25N7O. The van der Waals surface area contributed by atoms with Crippen molar-refractivity contribution in [2.24, 2.45) is 7.05 Å². The van der Waals surface area contributed by atoms with Crippen LogP contribution in [0.25, 0.3) is 22.2 Å². The fraction of sp³-hybridized carbons (Fsp3) is 0.333. The zero-order valence-corrected chi connectivity index (χ0v) is 18.4. The number of hydrogen-bond donors (Lipinski definition) is 0. The first-order valence-corrected chi connectivity index (χ1v) is 11.0. The lowest BCUT2D eigenvalue weighted by Crippen LogP contribution is -2.48. The summed E-state index contributed by atoms with van der Waals surface area (Å²) in [6, 6.07) is 10.8. The van der Waals surface area contributed by atoms with Crippen LogP contribution in [-0.4, -0.2) is 43.0 Å². The molecule has 3 aromatic heterocycles. The number of amides is 1. The number of aromatic nitrogens is 5. The van der Waals surface area contributed by atoms with E-state index in [1.54, 1.807) is 13.1 Å². The summed E-state index contributed by atoms with van der Waals surface area (Å²) in [6.07, 6.45) is 8.24. The van der Waals surface area contributed by atoms with Crippen LogP contribution in [0.4, 0.5) is 17.2 Å². The SMILES string of the molecule is CC(=O)N1c2ccc(-c3cnn(C4CC4)c3)cc2N(c2nn(C)c3cccnc23)C[C@@H]1C. The maximum Gasteiger partial charge on any atom is 0.224 e. The van der Waals surface area contributed by atoms with Gasteiger partial charge in [-0.2, -0.15) is 10.2 Å². The van der Waals surface area contributed by atoms with E-state index < -0.39 is 0 Å². The molecule has 8 nitrogen and oxygen atoms in total. The van der Waals surface area contributed by atoms with E-state index in [2.05, 4.69) is 44.9 Å². The summed E-state index contributed by atoms with van der Waals surface area (Å²) in [5.74, 6) is 0.849. The average molecular weight is 428 g/mol. The molecule has 0 N–H and O–H groups in total. The summed E-state index contributed by atoms with van der Waals surface area (Å²) < 4.78 is 3.93. The van der Waals surface area contributed by atoms with Gasteiger partial charge < -0.3 is 9.80 Å². The molecule has 162 valence electrons. The number of benzene rings is 1. The highest BCUT2D eigenvalue weighted by Gasteiger charge is 2.34. The molecule has 0 spiro atoms. The molecule has 1 aromatic carbocycles. The zero-order chi connectivity index (χ0) is 22.0. The van der Waals surface area contributed by atoms with Crippen molar-refractivity contribution in [2.45, 2.75) is 38.8 Å². The van der Waals surface area contributed by atoms with Crippen LogP contribution < -0.4 is 9.80 Å². The molecule has 0 unspecified atom stereocenters. The van der Waals surface area contributed by atoms with Crippen molar-refractivity contribution >= 4 is 34.1 Å². The number of aryl methyl sites for hydroxylation is 1. The van der Waals surface area contributed by atoms with Gasteiger partial charge in [0.1, 0.15) is 5.52 Å². The van der Waals surface area contributed by atoms with Crippen LogP contribution in [0.2, 0.25) is 0 Å². The number of rotatable bonds is 3. The van der Waals surface area contributed by atoms with Crippen LogP contribution in [0.1, 0.15) is 32.7 Å². The zero-order valence-electron chi connectivity index (χ0n) is 18.4. The Balaban J connectivity index is 1.52. The number of fused-ring (bicyclic) bond motifs is 2. The third kappa shape index (κ3) is 2.90. The van der Waals surface area contributed by atoms with E-state index in [4.69, 9.17) is 5.10 Å². The Morgan fingerprint density at radius 1 is 1.12 bits per heavy atom. The number of anilines is 3. The molecule has 1 saturated carbocycles. The third-order valence-corrected chi connectivity index (χ3v) is 6.46. The number of carbonyl (C=O) groups is 1. The first kappa shape index (κ1) is 19.0. The van der Waals surface area contributed by atoms with Crippen LogP contribution in [0.3, 0.4) is 0 Å². The van der Waals surface area contributed by atoms with Gasteiger partial charge in [-0.3, -0.25) is 19.1 Å². The van der Waals surface area contributed by atoms with Gasteiger partial charge in [-0.25, -0.2) is 0 Å². The van der Waals surface area contributed by atoms with Gasteiger partial charge in [-0.15, -0.1) is 0 Å². The minimum Gasteiger partial charge on any atom is -0.319 e. The second-order valence-corrected chi connectivity index (χ2v) is 8.81. The molecule has 32 heavy (non-hydrogen) atoms. The number of hydrogen-bond acceptors (Lipinski definition) is 5. The summed E-state index contributed by atoms with van der Waals surface area (Å²) in [6.45, 7) is 4.34. The quantitative estimate of drug-likeness (QED) is 0.493. The van der Waals surface area contributed by atoms with Gasteiger partial charge in [-0.05, 0) is 49.6 Å². The molecule has 4 aromatic rings. The Morgan fingerprint density at radius 2 is 1.97 bits per heavy atom. The molecule has 4 heterocycles. The number of carbonyl (C=O) groups excluding carboxylic acids is 1. The largest absolute Gasteiger partial charge is 0.319 e. The first-order chi connectivity index (χ1) is 15.5. The summed E-state index contributed by atoms with van der Waals surface area (Å²) >= 11 is 0. The number of nitrogens with zero attached hydrogens (tertiary/aromatic N) is 7. The van der Waals surface area contributed by atoms with E-state index >= 15 is 0 Å². The van der Waals surface area contributed by atoms with Gasteiger partial charge in [0.2, 0.25) is 5.91 Å². The fourth-order valence-electron chi connectivity index (χ4n) is 4.77. The van der Waals surface area contributed by atoms with Crippen molar-refractivity contribution < 1.29 is 4.79 Å². The molecule has 0 bridgehead atoms. The molecule has 6 rings (SSSR count). The molecule has 1 amide bonds.